The Morgan fingerprint density at radius 3 is 2.37 bits per heavy atom. The van der Waals surface area contributed by atoms with Crippen LogP contribution in [0.5, 0.6) is 0 Å². The summed E-state index contributed by atoms with van der Waals surface area (Å²) in [7, 11) is 1.90. The van der Waals surface area contributed by atoms with Crippen LogP contribution < -0.4 is 11.5 Å². The highest BCUT2D eigenvalue weighted by atomic mass is 35.5. The van der Waals surface area contributed by atoms with Crippen LogP contribution in [0.1, 0.15) is 22.5 Å². The summed E-state index contributed by atoms with van der Waals surface area (Å²) in [4.78, 5) is 4.47. The van der Waals surface area contributed by atoms with Gasteiger partial charge in [0.2, 0.25) is 0 Å². The van der Waals surface area contributed by atoms with Crippen LogP contribution in [0.3, 0.4) is 0 Å². The number of halogens is 1. The summed E-state index contributed by atoms with van der Waals surface area (Å²) < 4.78 is 1.82. The third kappa shape index (κ3) is 3.80. The molecule has 27 heavy (non-hydrogen) atoms. The molecule has 7 heteroatoms. The van der Waals surface area contributed by atoms with E-state index in [2.05, 4.69) is 16.2 Å². The molecule has 2 aromatic heterocycles. The van der Waals surface area contributed by atoms with E-state index < -0.39 is 0 Å². The van der Waals surface area contributed by atoms with Crippen molar-refractivity contribution >= 4 is 18.2 Å². The van der Waals surface area contributed by atoms with Crippen LogP contribution in [-0.4, -0.2) is 21.3 Å². The zero-order chi connectivity index (χ0) is 18.8. The number of nitrogens with two attached hydrogens (primary N) is 2. The molecule has 4 N–H and O–H groups in total. The molecule has 0 saturated heterocycles. The molecule has 0 aliphatic heterocycles. The van der Waals surface area contributed by atoms with Gasteiger partial charge in [0.25, 0.3) is 0 Å². The summed E-state index contributed by atoms with van der Waals surface area (Å²) in [6.45, 7) is 4.54. The molecule has 0 aliphatic rings. The number of anilines is 1. The molecule has 0 spiro atoms. The smallest absolute Gasteiger partial charge is 0.142 e. The first-order valence-electron chi connectivity index (χ1n) is 8.46. The molecule has 140 valence electrons. The highest BCUT2D eigenvalue weighted by Gasteiger charge is 2.18. The Labute approximate surface area is 165 Å². The van der Waals surface area contributed by atoms with Crippen LogP contribution in [0.25, 0.3) is 22.4 Å². The monoisotopic (exact) mass is 382 g/mol. The third-order valence-corrected chi connectivity index (χ3v) is 4.62. The molecule has 0 amide bonds. The number of pyridine rings is 1. The Morgan fingerprint density at radius 1 is 1.19 bits per heavy atom. The van der Waals surface area contributed by atoms with Crippen LogP contribution in [0.15, 0.2) is 30.3 Å². The van der Waals surface area contributed by atoms with Gasteiger partial charge in [0.05, 0.1) is 11.4 Å². The highest BCUT2D eigenvalue weighted by Crippen LogP contribution is 2.33. The van der Waals surface area contributed by atoms with E-state index in [-0.39, 0.29) is 18.2 Å². The normalized spacial score (nSPS) is 10.3. The minimum absolute atomic E-state index is 0. The number of rotatable bonds is 4. The second-order valence-corrected chi connectivity index (χ2v) is 6.33. The van der Waals surface area contributed by atoms with E-state index in [0.717, 1.165) is 45.8 Å². The van der Waals surface area contributed by atoms with Crippen molar-refractivity contribution in [1.29, 1.82) is 5.26 Å². The number of hydrogen-bond donors (Lipinski definition) is 2. The highest BCUT2D eigenvalue weighted by molar-refractivity contribution is 5.85. The molecule has 0 fully saturated rings. The zero-order valence-electron chi connectivity index (χ0n) is 15.7. The van der Waals surface area contributed by atoms with Crippen LogP contribution in [0.2, 0.25) is 0 Å². The maximum absolute atomic E-state index is 9.57. The van der Waals surface area contributed by atoms with E-state index in [4.69, 9.17) is 11.5 Å². The van der Waals surface area contributed by atoms with Crippen LogP contribution >= 0.6 is 12.4 Å². The van der Waals surface area contributed by atoms with Gasteiger partial charge >= 0.3 is 0 Å². The van der Waals surface area contributed by atoms with E-state index in [9.17, 15) is 5.26 Å². The molecule has 0 saturated carbocycles. The average molecular weight is 383 g/mol. The van der Waals surface area contributed by atoms with Crippen molar-refractivity contribution in [1.82, 2.24) is 14.8 Å². The molecule has 3 rings (SSSR count). The second-order valence-electron chi connectivity index (χ2n) is 6.33. The molecule has 0 atom stereocenters. The van der Waals surface area contributed by atoms with Crippen molar-refractivity contribution in [3.8, 4) is 28.5 Å². The molecule has 1 aromatic carbocycles. The van der Waals surface area contributed by atoms with E-state index in [1.54, 1.807) is 0 Å². The van der Waals surface area contributed by atoms with Gasteiger partial charge in [-0.1, -0.05) is 24.3 Å². The Morgan fingerprint density at radius 2 is 1.85 bits per heavy atom. The number of nitriles is 1. The van der Waals surface area contributed by atoms with Gasteiger partial charge in [0.1, 0.15) is 17.5 Å². The fraction of sp³-hybridized carbons (Fsp3) is 0.250. The number of nitrogen functional groups attached to an aromatic ring is 1. The Balaban J connectivity index is 0.00000261. The minimum atomic E-state index is 0. The van der Waals surface area contributed by atoms with E-state index in [1.807, 2.05) is 55.9 Å². The fourth-order valence-electron chi connectivity index (χ4n) is 3.20. The van der Waals surface area contributed by atoms with Crippen molar-refractivity contribution in [2.45, 2.75) is 20.3 Å². The number of aryl methyl sites for hydroxylation is 2. The van der Waals surface area contributed by atoms with E-state index >= 15 is 0 Å². The number of hydrogen-bond acceptors (Lipinski definition) is 5. The first kappa shape index (κ1) is 20.4. The zero-order valence-corrected chi connectivity index (χ0v) is 16.5. The molecule has 2 heterocycles. The molecule has 0 unspecified atom stereocenters. The van der Waals surface area contributed by atoms with E-state index in [1.165, 1.54) is 0 Å². The summed E-state index contributed by atoms with van der Waals surface area (Å²) in [5, 5.41) is 14.0. The number of nitrogens with zero attached hydrogens (tertiary/aromatic N) is 4. The predicted octanol–water partition coefficient (Wildman–Crippen LogP) is 3.14. The summed E-state index contributed by atoms with van der Waals surface area (Å²) in [6.07, 6.45) is 0.823. The minimum Gasteiger partial charge on any atom is -0.383 e. The lowest BCUT2D eigenvalue weighted by Crippen LogP contribution is -2.03. The fourth-order valence-corrected chi connectivity index (χ4v) is 3.20. The molecule has 3 aromatic rings. The van der Waals surface area contributed by atoms with Gasteiger partial charge < -0.3 is 11.5 Å². The maximum Gasteiger partial charge on any atom is 0.142 e. The first-order chi connectivity index (χ1) is 12.5. The van der Waals surface area contributed by atoms with Crippen LogP contribution in [0.4, 0.5) is 5.82 Å². The lowest BCUT2D eigenvalue weighted by molar-refractivity contribution is 0.731. The lowest BCUT2D eigenvalue weighted by Gasteiger charge is -2.11. The molecular formula is C20H23ClN6. The van der Waals surface area contributed by atoms with Gasteiger partial charge in [0, 0.05) is 23.9 Å². The van der Waals surface area contributed by atoms with Crippen molar-refractivity contribution in [3.63, 3.8) is 0 Å². The van der Waals surface area contributed by atoms with Crippen molar-refractivity contribution in [2.24, 2.45) is 12.8 Å². The Bertz CT molecular complexity index is 999. The molecule has 6 nitrogen and oxygen atoms in total. The lowest BCUT2D eigenvalue weighted by atomic mass is 9.96. The summed E-state index contributed by atoms with van der Waals surface area (Å²) >= 11 is 0. The summed E-state index contributed by atoms with van der Waals surface area (Å²) in [6, 6.07) is 12.2. The molecule has 0 radical (unpaired) electrons. The molecule has 0 bridgehead atoms. The number of aromatic nitrogens is 3. The predicted molar refractivity (Wildman–Crippen MR) is 110 cm³/mol. The number of benzene rings is 1. The quantitative estimate of drug-likeness (QED) is 0.720. The molecular weight excluding hydrogens is 360 g/mol. The van der Waals surface area contributed by atoms with Crippen LogP contribution in [0, 0.1) is 25.2 Å². The molecule has 0 aliphatic carbocycles. The summed E-state index contributed by atoms with van der Waals surface area (Å²) in [5.41, 5.74) is 18.5. The second kappa shape index (κ2) is 8.21. The van der Waals surface area contributed by atoms with Crippen molar-refractivity contribution in [3.05, 3.63) is 52.8 Å². The maximum atomic E-state index is 9.57. The topological polar surface area (TPSA) is 107 Å². The van der Waals surface area contributed by atoms with Gasteiger partial charge in [-0.25, -0.2) is 4.98 Å². The van der Waals surface area contributed by atoms with Gasteiger partial charge in [-0.15, -0.1) is 12.4 Å². The van der Waals surface area contributed by atoms with E-state index in [0.29, 0.717) is 12.1 Å². The first-order valence-corrected chi connectivity index (χ1v) is 8.46. The SMILES string of the molecule is Cc1nn(C)c(C)c1-c1cc(-c2ccc(CCN)cc2)c(C#N)c(N)n1.Cl. The van der Waals surface area contributed by atoms with Crippen molar-refractivity contribution in [2.75, 3.05) is 12.3 Å². The van der Waals surface area contributed by atoms with Gasteiger partial charge in [0.15, 0.2) is 0 Å². The largest absolute Gasteiger partial charge is 0.383 e. The Hall–Kier alpha value is -2.88. The van der Waals surface area contributed by atoms with Gasteiger partial charge in [-0.2, -0.15) is 10.4 Å². The average Bonchev–Trinajstić information content (AvgIpc) is 2.87. The van der Waals surface area contributed by atoms with Gasteiger partial charge in [-0.05, 0) is 44.0 Å². The standard InChI is InChI=1S/C20H22N6.ClH/c1-12-19(13(2)26(3)25-12)18-10-16(17(11-22)20(23)24-18)15-6-4-14(5-7-15)8-9-21;/h4-7,10H,8-9,21H2,1-3H3,(H2,23,24);1H. The summed E-state index contributed by atoms with van der Waals surface area (Å²) in [5.74, 6) is 0.230. The van der Waals surface area contributed by atoms with Crippen molar-refractivity contribution < 1.29 is 0 Å². The van der Waals surface area contributed by atoms with Gasteiger partial charge in [-0.3, -0.25) is 4.68 Å². The van der Waals surface area contributed by atoms with Crippen LogP contribution in [-0.2, 0) is 13.5 Å². The third-order valence-electron chi connectivity index (χ3n) is 4.62. The Kier molecular flexibility index (Phi) is 6.21.